The Hall–Kier alpha value is -1.58. The fraction of sp³-hybridized carbons (Fsp3) is 0.600. The van der Waals surface area contributed by atoms with Crippen molar-refractivity contribution < 1.29 is 9.90 Å². The second kappa shape index (κ2) is 6.04. The van der Waals surface area contributed by atoms with E-state index in [2.05, 4.69) is 17.2 Å². The molecule has 4 heteroatoms. The van der Waals surface area contributed by atoms with Gasteiger partial charge in [-0.2, -0.15) is 0 Å². The van der Waals surface area contributed by atoms with Gasteiger partial charge >= 0.3 is 5.97 Å². The molecule has 1 aliphatic rings. The van der Waals surface area contributed by atoms with Crippen molar-refractivity contribution in [1.29, 1.82) is 0 Å². The highest BCUT2D eigenvalue weighted by Gasteiger charge is 2.19. The Balaban J connectivity index is 2.14. The van der Waals surface area contributed by atoms with E-state index in [0.29, 0.717) is 17.4 Å². The van der Waals surface area contributed by atoms with Crippen LogP contribution in [-0.2, 0) is 6.42 Å². The summed E-state index contributed by atoms with van der Waals surface area (Å²) in [5, 5.41) is 12.5. The number of pyridine rings is 1. The first-order valence-electron chi connectivity index (χ1n) is 7.09. The van der Waals surface area contributed by atoms with E-state index in [0.717, 1.165) is 30.9 Å². The number of hydrogen-bond acceptors (Lipinski definition) is 3. The van der Waals surface area contributed by atoms with Crippen molar-refractivity contribution in [2.75, 3.05) is 5.32 Å². The molecule has 1 fully saturated rings. The third-order valence-electron chi connectivity index (χ3n) is 3.78. The minimum atomic E-state index is -0.892. The monoisotopic (exact) mass is 262 g/mol. The number of carboxylic acid groups (broad SMARTS) is 1. The van der Waals surface area contributed by atoms with Crippen LogP contribution in [-0.4, -0.2) is 22.1 Å². The minimum Gasteiger partial charge on any atom is -0.478 e. The van der Waals surface area contributed by atoms with Crippen LogP contribution in [0, 0.1) is 5.92 Å². The van der Waals surface area contributed by atoms with E-state index in [-0.39, 0.29) is 0 Å². The SMILES string of the molecule is CCc1cc(C(=O)O)cc(NC2CCCC(C)C2)n1. The van der Waals surface area contributed by atoms with Crippen LogP contribution in [0.3, 0.4) is 0 Å². The van der Waals surface area contributed by atoms with Crippen LogP contribution >= 0.6 is 0 Å². The average Bonchev–Trinajstić information content (AvgIpc) is 2.38. The summed E-state index contributed by atoms with van der Waals surface area (Å²) in [7, 11) is 0. The number of hydrogen-bond donors (Lipinski definition) is 2. The maximum atomic E-state index is 11.1. The molecule has 4 nitrogen and oxygen atoms in total. The zero-order valence-electron chi connectivity index (χ0n) is 11.6. The Morgan fingerprint density at radius 1 is 1.47 bits per heavy atom. The molecule has 104 valence electrons. The molecule has 1 aromatic heterocycles. The Bertz CT molecular complexity index is 459. The number of aromatic carboxylic acids is 1. The molecule has 0 radical (unpaired) electrons. The van der Waals surface area contributed by atoms with Gasteiger partial charge in [-0.05, 0) is 37.3 Å². The van der Waals surface area contributed by atoms with Crippen molar-refractivity contribution in [3.8, 4) is 0 Å². The van der Waals surface area contributed by atoms with Gasteiger partial charge in [0.15, 0.2) is 0 Å². The summed E-state index contributed by atoms with van der Waals surface area (Å²) in [6.07, 6.45) is 5.56. The van der Waals surface area contributed by atoms with Crippen molar-refractivity contribution >= 4 is 11.8 Å². The molecule has 19 heavy (non-hydrogen) atoms. The molecule has 1 heterocycles. The van der Waals surface area contributed by atoms with Gasteiger partial charge in [0.1, 0.15) is 5.82 Å². The van der Waals surface area contributed by atoms with E-state index < -0.39 is 5.97 Å². The number of nitrogens with zero attached hydrogens (tertiary/aromatic N) is 1. The molecule has 2 unspecified atom stereocenters. The van der Waals surface area contributed by atoms with Crippen LogP contribution in [0.5, 0.6) is 0 Å². The van der Waals surface area contributed by atoms with Gasteiger partial charge < -0.3 is 10.4 Å². The third-order valence-corrected chi connectivity index (χ3v) is 3.78. The van der Waals surface area contributed by atoms with Crippen LogP contribution < -0.4 is 5.32 Å². The fourth-order valence-corrected chi connectivity index (χ4v) is 2.74. The van der Waals surface area contributed by atoms with Gasteiger partial charge in [-0.15, -0.1) is 0 Å². The molecular weight excluding hydrogens is 240 g/mol. The van der Waals surface area contributed by atoms with Crippen LogP contribution in [0.25, 0.3) is 0 Å². The lowest BCUT2D eigenvalue weighted by atomic mass is 9.87. The number of carbonyl (C=O) groups is 1. The van der Waals surface area contributed by atoms with Gasteiger partial charge in [0.2, 0.25) is 0 Å². The van der Waals surface area contributed by atoms with E-state index >= 15 is 0 Å². The number of rotatable bonds is 4. The van der Waals surface area contributed by atoms with Gasteiger partial charge in [0.05, 0.1) is 5.56 Å². The largest absolute Gasteiger partial charge is 0.478 e. The van der Waals surface area contributed by atoms with Crippen LogP contribution in [0.1, 0.15) is 55.6 Å². The van der Waals surface area contributed by atoms with Gasteiger partial charge in [0, 0.05) is 11.7 Å². The highest BCUT2D eigenvalue weighted by molar-refractivity contribution is 5.88. The highest BCUT2D eigenvalue weighted by Crippen LogP contribution is 2.26. The van der Waals surface area contributed by atoms with E-state index in [9.17, 15) is 4.79 Å². The fourth-order valence-electron chi connectivity index (χ4n) is 2.74. The summed E-state index contributed by atoms with van der Waals surface area (Å²) in [6, 6.07) is 3.71. The Morgan fingerprint density at radius 3 is 2.89 bits per heavy atom. The first-order chi connectivity index (χ1) is 9.08. The zero-order chi connectivity index (χ0) is 13.8. The molecule has 2 N–H and O–H groups in total. The standard InChI is InChI=1S/C15H22N2O2/c1-3-12-8-11(15(18)19)9-14(16-12)17-13-6-4-5-10(2)7-13/h8-10,13H,3-7H2,1-2H3,(H,16,17)(H,18,19). The molecule has 0 aromatic carbocycles. The van der Waals surface area contributed by atoms with Gasteiger partial charge in [-0.25, -0.2) is 9.78 Å². The summed E-state index contributed by atoms with van der Waals surface area (Å²) < 4.78 is 0. The second-order valence-corrected chi connectivity index (χ2v) is 5.50. The number of carboxylic acids is 1. The van der Waals surface area contributed by atoms with Crippen LogP contribution in [0.4, 0.5) is 5.82 Å². The Labute approximate surface area is 114 Å². The lowest BCUT2D eigenvalue weighted by Gasteiger charge is -2.28. The Morgan fingerprint density at radius 2 is 2.26 bits per heavy atom. The molecule has 0 amide bonds. The number of aromatic nitrogens is 1. The predicted molar refractivity (Wildman–Crippen MR) is 75.6 cm³/mol. The first-order valence-corrected chi connectivity index (χ1v) is 7.09. The van der Waals surface area contributed by atoms with Crippen molar-refractivity contribution in [1.82, 2.24) is 4.98 Å². The van der Waals surface area contributed by atoms with Crippen LogP contribution in [0.2, 0.25) is 0 Å². The van der Waals surface area contributed by atoms with Gasteiger partial charge in [-0.3, -0.25) is 0 Å². The van der Waals surface area contributed by atoms with E-state index in [4.69, 9.17) is 5.11 Å². The molecule has 0 aliphatic heterocycles. The smallest absolute Gasteiger partial charge is 0.335 e. The maximum absolute atomic E-state index is 11.1. The zero-order valence-corrected chi connectivity index (χ0v) is 11.6. The topological polar surface area (TPSA) is 62.2 Å². The van der Waals surface area contributed by atoms with Crippen molar-refractivity contribution in [2.45, 2.75) is 52.0 Å². The molecule has 1 aromatic rings. The van der Waals surface area contributed by atoms with E-state index in [1.165, 1.54) is 12.8 Å². The number of anilines is 1. The minimum absolute atomic E-state index is 0.318. The molecular formula is C15H22N2O2. The third kappa shape index (κ3) is 3.69. The summed E-state index contributed by atoms with van der Waals surface area (Å²) in [4.78, 5) is 15.6. The second-order valence-electron chi connectivity index (χ2n) is 5.50. The van der Waals surface area contributed by atoms with Crippen molar-refractivity contribution in [3.05, 3.63) is 23.4 Å². The molecule has 1 aliphatic carbocycles. The molecule has 1 saturated carbocycles. The molecule has 0 bridgehead atoms. The van der Waals surface area contributed by atoms with Gasteiger partial charge in [0.25, 0.3) is 0 Å². The quantitative estimate of drug-likeness (QED) is 0.873. The summed E-state index contributed by atoms with van der Waals surface area (Å²) in [5.74, 6) is 0.549. The molecule has 2 rings (SSSR count). The normalized spacial score (nSPS) is 23.1. The van der Waals surface area contributed by atoms with E-state index in [1.54, 1.807) is 12.1 Å². The van der Waals surface area contributed by atoms with Gasteiger partial charge in [-0.1, -0.05) is 26.7 Å². The van der Waals surface area contributed by atoms with Crippen molar-refractivity contribution in [2.24, 2.45) is 5.92 Å². The summed E-state index contributed by atoms with van der Waals surface area (Å²) >= 11 is 0. The molecule has 0 spiro atoms. The lowest BCUT2D eigenvalue weighted by Crippen LogP contribution is -2.26. The number of nitrogens with one attached hydrogen (secondary N) is 1. The Kier molecular flexibility index (Phi) is 4.40. The highest BCUT2D eigenvalue weighted by atomic mass is 16.4. The number of aryl methyl sites for hydroxylation is 1. The van der Waals surface area contributed by atoms with Crippen molar-refractivity contribution in [3.63, 3.8) is 0 Å². The maximum Gasteiger partial charge on any atom is 0.335 e. The van der Waals surface area contributed by atoms with Crippen LogP contribution in [0.15, 0.2) is 12.1 Å². The van der Waals surface area contributed by atoms with E-state index in [1.807, 2.05) is 6.92 Å². The summed E-state index contributed by atoms with van der Waals surface area (Å²) in [6.45, 7) is 4.26. The summed E-state index contributed by atoms with van der Waals surface area (Å²) in [5.41, 5.74) is 1.14. The average molecular weight is 262 g/mol. The first kappa shape index (κ1) is 13.8. The molecule has 0 saturated heterocycles. The molecule has 2 atom stereocenters. The lowest BCUT2D eigenvalue weighted by molar-refractivity contribution is 0.0696. The predicted octanol–water partition coefficient (Wildman–Crippen LogP) is 3.33.